The van der Waals surface area contributed by atoms with Gasteiger partial charge in [0.2, 0.25) is 0 Å². The van der Waals surface area contributed by atoms with Gasteiger partial charge in [-0.15, -0.1) is 0 Å². The van der Waals surface area contributed by atoms with Gasteiger partial charge in [-0.2, -0.15) is 0 Å². The normalized spacial score (nSPS) is 21.8. The van der Waals surface area contributed by atoms with Crippen LogP contribution >= 0.6 is 0 Å². The van der Waals surface area contributed by atoms with Crippen LogP contribution in [-0.2, 0) is 4.74 Å². The van der Waals surface area contributed by atoms with Crippen molar-refractivity contribution in [2.75, 3.05) is 38.3 Å². The Bertz CT molecular complexity index is 546. The smallest absolute Gasteiger partial charge is 0.179 e. The van der Waals surface area contributed by atoms with Crippen LogP contribution in [0.5, 0.6) is 0 Å². The maximum Gasteiger partial charge on any atom is 0.179 e. The van der Waals surface area contributed by atoms with Gasteiger partial charge in [0, 0.05) is 45.2 Å². The SMILES string of the molecule is C=Nc1c(N2C[C@@H](C)C[C@@H](NCCOC)C2)ccnc1N=CC. The highest BCUT2D eigenvalue weighted by Crippen LogP contribution is 2.37. The summed E-state index contributed by atoms with van der Waals surface area (Å²) in [5.41, 5.74) is 1.82. The molecule has 0 radical (unpaired) electrons. The Balaban J connectivity index is 2.19. The van der Waals surface area contributed by atoms with Gasteiger partial charge >= 0.3 is 0 Å². The first-order valence-corrected chi connectivity index (χ1v) is 8.11. The molecular weight excluding hydrogens is 290 g/mol. The van der Waals surface area contributed by atoms with Crippen LogP contribution in [0, 0.1) is 5.92 Å². The van der Waals surface area contributed by atoms with Crippen molar-refractivity contribution in [3.63, 3.8) is 0 Å². The molecule has 1 N–H and O–H groups in total. The van der Waals surface area contributed by atoms with Gasteiger partial charge in [-0.05, 0) is 32.0 Å². The first kappa shape index (κ1) is 17.6. The van der Waals surface area contributed by atoms with Crippen LogP contribution in [0.1, 0.15) is 20.3 Å². The van der Waals surface area contributed by atoms with Crippen LogP contribution < -0.4 is 10.2 Å². The second-order valence-electron chi connectivity index (χ2n) is 5.94. The Morgan fingerprint density at radius 2 is 2.35 bits per heavy atom. The van der Waals surface area contributed by atoms with Crippen molar-refractivity contribution < 1.29 is 4.74 Å². The summed E-state index contributed by atoms with van der Waals surface area (Å²) in [6, 6.07) is 2.45. The fraction of sp³-hybridized carbons (Fsp3) is 0.588. The van der Waals surface area contributed by atoms with Crippen molar-refractivity contribution in [1.82, 2.24) is 10.3 Å². The van der Waals surface area contributed by atoms with Crippen LogP contribution in [0.3, 0.4) is 0 Å². The summed E-state index contributed by atoms with van der Waals surface area (Å²) in [7, 11) is 1.73. The predicted octanol–water partition coefficient (Wildman–Crippen LogP) is 2.59. The quantitative estimate of drug-likeness (QED) is 0.620. The first-order valence-electron chi connectivity index (χ1n) is 8.11. The van der Waals surface area contributed by atoms with Crippen LogP contribution in [0.4, 0.5) is 17.2 Å². The molecule has 0 unspecified atom stereocenters. The van der Waals surface area contributed by atoms with Gasteiger partial charge in [0.25, 0.3) is 0 Å². The molecule has 23 heavy (non-hydrogen) atoms. The first-order chi connectivity index (χ1) is 11.2. The number of rotatable bonds is 7. The summed E-state index contributed by atoms with van der Waals surface area (Å²) in [5.74, 6) is 1.23. The monoisotopic (exact) mass is 317 g/mol. The minimum absolute atomic E-state index is 0.442. The van der Waals surface area contributed by atoms with E-state index in [1.807, 2.05) is 13.0 Å². The molecule has 0 saturated carbocycles. The number of hydrogen-bond acceptors (Lipinski definition) is 6. The minimum atomic E-state index is 0.442. The van der Waals surface area contributed by atoms with Gasteiger partial charge in [0.1, 0.15) is 5.69 Å². The largest absolute Gasteiger partial charge is 0.383 e. The molecule has 0 amide bonds. The van der Waals surface area contributed by atoms with Gasteiger partial charge in [0.15, 0.2) is 5.82 Å². The van der Waals surface area contributed by atoms with E-state index in [1.165, 1.54) is 6.42 Å². The Morgan fingerprint density at radius 3 is 3.04 bits per heavy atom. The number of ether oxygens (including phenoxy) is 1. The molecule has 6 nitrogen and oxygen atoms in total. The Hall–Kier alpha value is -1.79. The maximum absolute atomic E-state index is 5.13. The average Bonchev–Trinajstić information content (AvgIpc) is 2.54. The third kappa shape index (κ3) is 4.59. The number of methoxy groups -OCH3 is 1. The van der Waals surface area contributed by atoms with Crippen LogP contribution in [0.25, 0.3) is 0 Å². The predicted molar refractivity (Wildman–Crippen MR) is 96.9 cm³/mol. The van der Waals surface area contributed by atoms with E-state index >= 15 is 0 Å². The standard InChI is InChI=1S/C17H27N5O/c1-5-19-17-16(18-3)15(6-7-21-17)22-11-13(2)10-14(12-22)20-8-9-23-4/h5-7,13-14,20H,3,8-12H2,1-2,4H3/t13-,14+/m0/s1. The number of nitrogens with one attached hydrogen (secondary N) is 1. The highest BCUT2D eigenvalue weighted by molar-refractivity contribution is 5.79. The fourth-order valence-electron chi connectivity index (χ4n) is 3.12. The Kier molecular flexibility index (Phi) is 6.67. The number of aromatic nitrogens is 1. The molecule has 0 aliphatic carbocycles. The van der Waals surface area contributed by atoms with Gasteiger partial charge in [-0.1, -0.05) is 6.92 Å². The molecule has 126 valence electrons. The topological polar surface area (TPSA) is 62.1 Å². The summed E-state index contributed by atoms with van der Waals surface area (Å²) >= 11 is 0. The van der Waals surface area contributed by atoms with Gasteiger partial charge in [-0.25, -0.2) is 9.98 Å². The summed E-state index contributed by atoms with van der Waals surface area (Å²) in [4.78, 5) is 15.1. The van der Waals surface area contributed by atoms with Gasteiger partial charge in [0.05, 0.1) is 12.3 Å². The average molecular weight is 317 g/mol. The van der Waals surface area contributed by atoms with E-state index < -0.39 is 0 Å². The van der Waals surface area contributed by atoms with Crippen LogP contribution in [0.2, 0.25) is 0 Å². The molecule has 1 fully saturated rings. The minimum Gasteiger partial charge on any atom is -0.383 e. The third-order valence-corrected chi connectivity index (χ3v) is 4.03. The molecular formula is C17H27N5O. The number of anilines is 1. The van der Waals surface area contributed by atoms with Crippen molar-refractivity contribution in [1.29, 1.82) is 0 Å². The molecule has 6 heteroatoms. The molecule has 2 atom stereocenters. The molecule has 0 bridgehead atoms. The van der Waals surface area contributed by atoms with Crippen molar-refractivity contribution in [3.8, 4) is 0 Å². The van der Waals surface area contributed by atoms with Crippen LogP contribution in [-0.4, -0.2) is 57.3 Å². The van der Waals surface area contributed by atoms with Crippen molar-refractivity contribution in [2.45, 2.75) is 26.3 Å². The van der Waals surface area contributed by atoms with E-state index in [2.05, 4.69) is 38.8 Å². The van der Waals surface area contributed by atoms with Crippen molar-refractivity contribution in [3.05, 3.63) is 12.3 Å². The number of hydrogen-bond donors (Lipinski definition) is 1. The summed E-state index contributed by atoms with van der Waals surface area (Å²) in [6.07, 6.45) is 4.69. The zero-order chi connectivity index (χ0) is 16.7. The highest BCUT2D eigenvalue weighted by atomic mass is 16.5. The lowest BCUT2D eigenvalue weighted by atomic mass is 9.95. The van der Waals surface area contributed by atoms with Gasteiger partial charge in [-0.3, -0.25) is 4.99 Å². The summed E-state index contributed by atoms with van der Waals surface area (Å²) in [6.45, 7) is 11.4. The van der Waals surface area contributed by atoms with E-state index in [4.69, 9.17) is 4.74 Å². The molecule has 1 aromatic rings. The van der Waals surface area contributed by atoms with E-state index in [1.54, 1.807) is 19.5 Å². The molecule has 2 rings (SSSR count). The molecule has 2 heterocycles. The number of piperidine rings is 1. The van der Waals surface area contributed by atoms with Crippen molar-refractivity contribution >= 4 is 30.1 Å². The van der Waals surface area contributed by atoms with E-state index in [-0.39, 0.29) is 0 Å². The summed E-state index contributed by atoms with van der Waals surface area (Å²) < 4.78 is 5.13. The second-order valence-corrected chi connectivity index (χ2v) is 5.94. The molecule has 0 aromatic carbocycles. The fourth-order valence-corrected chi connectivity index (χ4v) is 3.12. The van der Waals surface area contributed by atoms with E-state index in [0.29, 0.717) is 17.8 Å². The highest BCUT2D eigenvalue weighted by Gasteiger charge is 2.26. The lowest BCUT2D eigenvalue weighted by Crippen LogP contribution is -2.49. The van der Waals surface area contributed by atoms with Gasteiger partial charge < -0.3 is 15.0 Å². The second kappa shape index (κ2) is 8.74. The number of nitrogens with zero attached hydrogens (tertiary/aromatic N) is 4. The Morgan fingerprint density at radius 1 is 1.52 bits per heavy atom. The zero-order valence-electron chi connectivity index (χ0n) is 14.3. The van der Waals surface area contributed by atoms with E-state index in [0.717, 1.165) is 37.6 Å². The molecule has 1 aliphatic heterocycles. The Labute approximate surface area is 138 Å². The molecule has 1 saturated heterocycles. The zero-order valence-corrected chi connectivity index (χ0v) is 14.3. The maximum atomic E-state index is 5.13. The third-order valence-electron chi connectivity index (χ3n) is 4.03. The molecule has 1 aliphatic rings. The lowest BCUT2D eigenvalue weighted by molar-refractivity contribution is 0.192. The summed E-state index contributed by atoms with van der Waals surface area (Å²) in [5, 5.41) is 3.57. The lowest BCUT2D eigenvalue weighted by Gasteiger charge is -2.38. The number of aliphatic imine (C=N–C) groups is 2. The molecule has 0 spiro atoms. The van der Waals surface area contributed by atoms with Crippen molar-refractivity contribution in [2.24, 2.45) is 15.9 Å². The molecule has 1 aromatic heterocycles. The number of pyridine rings is 1. The van der Waals surface area contributed by atoms with E-state index in [9.17, 15) is 0 Å². The van der Waals surface area contributed by atoms with Crippen LogP contribution in [0.15, 0.2) is 22.2 Å².